The van der Waals surface area contributed by atoms with Gasteiger partial charge >= 0.3 is 12.1 Å². The van der Waals surface area contributed by atoms with Crippen molar-refractivity contribution in [3.8, 4) is 0 Å². The number of nitrogens with zero attached hydrogens (tertiary/aromatic N) is 2. The van der Waals surface area contributed by atoms with Crippen LogP contribution < -0.4 is 11.5 Å². The molecular formula is C10H18N4O4S. The maximum atomic E-state index is 12.1. The van der Waals surface area contributed by atoms with Crippen molar-refractivity contribution in [2.24, 2.45) is 11.5 Å². The first kappa shape index (κ1) is 15.4. The molecule has 8 nitrogen and oxygen atoms in total. The Bertz CT molecular complexity index is 407. The summed E-state index contributed by atoms with van der Waals surface area (Å²) >= 11 is 3.89. The molecule has 0 saturated heterocycles. The highest BCUT2D eigenvalue weighted by Crippen LogP contribution is 2.26. The minimum absolute atomic E-state index is 0.0274. The molecule has 0 saturated carbocycles. The van der Waals surface area contributed by atoms with Gasteiger partial charge in [-0.3, -0.25) is 0 Å². The lowest BCUT2D eigenvalue weighted by atomic mass is 10.2. The Morgan fingerprint density at radius 3 is 2.58 bits per heavy atom. The molecule has 1 heterocycles. The molecule has 0 aromatic rings. The monoisotopic (exact) mass is 290 g/mol. The quantitative estimate of drug-likeness (QED) is 0.644. The Labute approximate surface area is 116 Å². The van der Waals surface area contributed by atoms with Gasteiger partial charge in [-0.15, -0.1) is 0 Å². The van der Waals surface area contributed by atoms with Crippen LogP contribution in [0.2, 0.25) is 0 Å². The van der Waals surface area contributed by atoms with Crippen LogP contribution in [0.4, 0.5) is 9.59 Å². The van der Waals surface area contributed by atoms with Gasteiger partial charge in [0.05, 0.1) is 6.54 Å². The molecule has 3 amide bonds. The Hall–Kier alpha value is -1.61. The van der Waals surface area contributed by atoms with Crippen molar-refractivity contribution in [1.82, 2.24) is 9.21 Å². The Kier molecular flexibility index (Phi) is 4.53. The summed E-state index contributed by atoms with van der Waals surface area (Å²) in [6, 6.07) is -0.857. The molecule has 0 aromatic carbocycles. The number of hydrogen-bond acceptors (Lipinski definition) is 6. The lowest BCUT2D eigenvalue weighted by Gasteiger charge is -2.30. The number of amides is 3. The van der Waals surface area contributed by atoms with E-state index < -0.39 is 24.0 Å². The second kappa shape index (κ2) is 5.57. The van der Waals surface area contributed by atoms with E-state index in [2.05, 4.69) is 12.8 Å². The molecule has 19 heavy (non-hydrogen) atoms. The van der Waals surface area contributed by atoms with E-state index in [1.54, 1.807) is 20.8 Å². The third kappa shape index (κ3) is 3.67. The van der Waals surface area contributed by atoms with Crippen LogP contribution in [-0.4, -0.2) is 39.7 Å². The summed E-state index contributed by atoms with van der Waals surface area (Å²) in [7, 11) is 0. The first-order valence-electron chi connectivity index (χ1n) is 5.53. The number of ether oxygens (including phenoxy) is 2. The standard InChI is InChI=1S/C10H18N4O4S/c1-10(2,3)18-9(16)13-6(14(19)8(12)15)5-17-7(13)4-11/h5,7,19H,4,11H2,1-3H3,(H2,12,15). The van der Waals surface area contributed by atoms with Crippen LogP contribution in [0.15, 0.2) is 12.1 Å². The highest BCUT2D eigenvalue weighted by molar-refractivity contribution is 7.78. The van der Waals surface area contributed by atoms with E-state index in [1.807, 2.05) is 0 Å². The summed E-state index contributed by atoms with van der Waals surface area (Å²) in [5.41, 5.74) is 9.90. The highest BCUT2D eigenvalue weighted by atomic mass is 32.1. The van der Waals surface area contributed by atoms with Crippen LogP contribution in [0.25, 0.3) is 0 Å². The number of carbonyl (C=O) groups is 2. The van der Waals surface area contributed by atoms with Crippen molar-refractivity contribution < 1.29 is 19.1 Å². The Morgan fingerprint density at radius 1 is 1.58 bits per heavy atom. The van der Waals surface area contributed by atoms with E-state index in [1.165, 1.54) is 6.26 Å². The lowest BCUT2D eigenvalue weighted by Crippen LogP contribution is -2.47. The summed E-state index contributed by atoms with van der Waals surface area (Å²) < 4.78 is 11.2. The molecule has 0 aliphatic carbocycles. The van der Waals surface area contributed by atoms with Crippen molar-refractivity contribution >= 4 is 24.9 Å². The van der Waals surface area contributed by atoms with E-state index in [0.717, 1.165) is 9.21 Å². The molecule has 4 N–H and O–H groups in total. The third-order valence-corrected chi connectivity index (χ3v) is 2.48. The van der Waals surface area contributed by atoms with Crippen molar-refractivity contribution in [2.75, 3.05) is 6.54 Å². The number of nitrogens with two attached hydrogens (primary N) is 2. The molecule has 0 spiro atoms. The molecule has 0 fully saturated rings. The summed E-state index contributed by atoms with van der Waals surface area (Å²) in [6.07, 6.45) is -0.287. The second-order valence-electron chi connectivity index (χ2n) is 4.80. The molecule has 1 rings (SSSR count). The predicted octanol–water partition coefficient (Wildman–Crippen LogP) is 0.563. The molecule has 1 atom stereocenters. The molecule has 1 aliphatic rings. The smallest absolute Gasteiger partial charge is 0.419 e. The molecule has 9 heteroatoms. The maximum absolute atomic E-state index is 12.1. The van der Waals surface area contributed by atoms with Crippen molar-refractivity contribution in [1.29, 1.82) is 0 Å². The number of urea groups is 1. The minimum atomic E-state index is -0.857. The molecule has 108 valence electrons. The van der Waals surface area contributed by atoms with Gasteiger partial charge in [-0.2, -0.15) is 0 Å². The van der Waals surface area contributed by atoms with Gasteiger partial charge in [0.25, 0.3) is 0 Å². The van der Waals surface area contributed by atoms with Crippen LogP contribution in [0.3, 0.4) is 0 Å². The zero-order valence-electron chi connectivity index (χ0n) is 11.0. The van der Waals surface area contributed by atoms with Gasteiger partial charge in [-0.25, -0.2) is 18.8 Å². The average Bonchev–Trinajstić information content (AvgIpc) is 2.68. The van der Waals surface area contributed by atoms with Gasteiger partial charge in [-0.05, 0) is 20.8 Å². The molecule has 1 aliphatic heterocycles. The normalized spacial score (nSPS) is 18.7. The van der Waals surface area contributed by atoms with Crippen LogP contribution >= 0.6 is 12.8 Å². The third-order valence-electron chi connectivity index (χ3n) is 2.08. The first-order chi connectivity index (χ1) is 8.67. The number of thiol groups is 1. The maximum Gasteiger partial charge on any atom is 0.419 e. The first-order valence-corrected chi connectivity index (χ1v) is 5.93. The second-order valence-corrected chi connectivity index (χ2v) is 5.20. The van der Waals surface area contributed by atoms with Crippen LogP contribution in [0.5, 0.6) is 0 Å². The predicted molar refractivity (Wildman–Crippen MR) is 70.5 cm³/mol. The number of primary amides is 1. The van der Waals surface area contributed by atoms with Gasteiger partial charge in [0.2, 0.25) is 0 Å². The fourth-order valence-electron chi connectivity index (χ4n) is 1.35. The Morgan fingerprint density at radius 2 is 2.16 bits per heavy atom. The average molecular weight is 290 g/mol. The summed E-state index contributed by atoms with van der Waals surface area (Å²) in [6.45, 7) is 5.18. The highest BCUT2D eigenvalue weighted by Gasteiger charge is 2.38. The fourth-order valence-corrected chi connectivity index (χ4v) is 1.50. The summed E-state index contributed by atoms with van der Waals surface area (Å²) in [5.74, 6) is 0.0560. The van der Waals surface area contributed by atoms with Gasteiger partial charge < -0.3 is 20.9 Å². The van der Waals surface area contributed by atoms with Crippen molar-refractivity contribution in [3.05, 3.63) is 12.1 Å². The minimum Gasteiger partial charge on any atom is -0.472 e. The summed E-state index contributed by atoms with van der Waals surface area (Å²) in [5, 5.41) is 0. The largest absolute Gasteiger partial charge is 0.472 e. The number of carbonyl (C=O) groups excluding carboxylic acids is 2. The van der Waals surface area contributed by atoms with Gasteiger partial charge in [0.1, 0.15) is 11.9 Å². The number of rotatable bonds is 2. The number of hydrogen-bond donors (Lipinski definition) is 3. The molecular weight excluding hydrogens is 272 g/mol. The van der Waals surface area contributed by atoms with Crippen LogP contribution in [0, 0.1) is 0 Å². The Balaban J connectivity index is 2.94. The lowest BCUT2D eigenvalue weighted by molar-refractivity contribution is -0.00344. The topological polar surface area (TPSA) is 111 Å². The van der Waals surface area contributed by atoms with E-state index in [9.17, 15) is 9.59 Å². The fraction of sp³-hybridized carbons (Fsp3) is 0.600. The molecule has 0 bridgehead atoms. The van der Waals surface area contributed by atoms with Crippen LogP contribution in [0.1, 0.15) is 20.8 Å². The molecule has 0 aromatic heterocycles. The van der Waals surface area contributed by atoms with Gasteiger partial charge in [-0.1, -0.05) is 12.8 Å². The van der Waals surface area contributed by atoms with Gasteiger partial charge in [0.15, 0.2) is 12.0 Å². The van der Waals surface area contributed by atoms with E-state index in [-0.39, 0.29) is 12.4 Å². The zero-order chi connectivity index (χ0) is 14.8. The van der Waals surface area contributed by atoms with E-state index in [4.69, 9.17) is 20.9 Å². The zero-order valence-corrected chi connectivity index (χ0v) is 11.9. The molecule has 0 radical (unpaired) electrons. The summed E-state index contributed by atoms with van der Waals surface area (Å²) in [4.78, 5) is 24.3. The van der Waals surface area contributed by atoms with Gasteiger partial charge in [0, 0.05) is 0 Å². The molecule has 1 unspecified atom stereocenters. The van der Waals surface area contributed by atoms with Crippen molar-refractivity contribution in [2.45, 2.75) is 32.6 Å². The SMILES string of the molecule is CC(C)(C)OC(=O)N1C(N(S)C(N)=O)=COC1CN. The van der Waals surface area contributed by atoms with Crippen LogP contribution in [-0.2, 0) is 9.47 Å². The van der Waals surface area contributed by atoms with E-state index >= 15 is 0 Å². The van der Waals surface area contributed by atoms with E-state index in [0.29, 0.717) is 0 Å². The van der Waals surface area contributed by atoms with Crippen molar-refractivity contribution in [3.63, 3.8) is 0 Å².